The Morgan fingerprint density at radius 1 is 0.963 bits per heavy atom. The van der Waals surface area contributed by atoms with Crippen molar-refractivity contribution >= 4 is 11.8 Å². The number of amides is 2. The number of nitrogens with zero attached hydrogens (tertiary/aromatic N) is 2. The number of carbonyl (C=O) groups excluding carboxylic acids is 2. The van der Waals surface area contributed by atoms with Gasteiger partial charge in [-0.2, -0.15) is 0 Å². The Kier molecular flexibility index (Phi) is 6.40. The molecule has 0 radical (unpaired) electrons. The van der Waals surface area contributed by atoms with Gasteiger partial charge < -0.3 is 14.5 Å². The monoisotopic (exact) mass is 372 g/mol. The first-order valence-corrected chi connectivity index (χ1v) is 10.2. The van der Waals surface area contributed by atoms with Crippen molar-refractivity contribution in [2.75, 3.05) is 33.3 Å². The van der Waals surface area contributed by atoms with E-state index in [0.717, 1.165) is 54.8 Å². The summed E-state index contributed by atoms with van der Waals surface area (Å²) in [7, 11) is 1.67. The predicted molar refractivity (Wildman–Crippen MR) is 106 cm³/mol. The second-order valence-corrected chi connectivity index (χ2v) is 7.97. The summed E-state index contributed by atoms with van der Waals surface area (Å²) in [6.07, 6.45) is 5.70. The van der Waals surface area contributed by atoms with E-state index in [4.69, 9.17) is 4.74 Å². The van der Waals surface area contributed by atoms with Gasteiger partial charge in [0, 0.05) is 32.1 Å². The highest BCUT2D eigenvalue weighted by molar-refractivity contribution is 5.81. The van der Waals surface area contributed by atoms with Gasteiger partial charge >= 0.3 is 0 Å². The lowest BCUT2D eigenvalue weighted by Crippen LogP contribution is -2.39. The van der Waals surface area contributed by atoms with Crippen molar-refractivity contribution in [2.45, 2.75) is 52.4 Å². The maximum Gasteiger partial charge on any atom is 0.227 e. The summed E-state index contributed by atoms with van der Waals surface area (Å²) < 4.78 is 5.36. The van der Waals surface area contributed by atoms with E-state index in [-0.39, 0.29) is 11.8 Å². The molecule has 1 aromatic rings. The van der Waals surface area contributed by atoms with Crippen LogP contribution in [0.3, 0.4) is 0 Å². The summed E-state index contributed by atoms with van der Waals surface area (Å²) in [5.74, 6) is 1.54. The predicted octanol–water partition coefficient (Wildman–Crippen LogP) is 3.11. The average Bonchev–Trinajstić information content (AvgIpc) is 3.08. The lowest BCUT2D eigenvalue weighted by atomic mass is 10.0. The quantitative estimate of drug-likeness (QED) is 0.816. The van der Waals surface area contributed by atoms with E-state index in [1.165, 1.54) is 12.8 Å². The molecule has 0 spiro atoms. The Labute approximate surface area is 162 Å². The molecule has 1 aliphatic heterocycles. The molecule has 1 saturated heterocycles. The van der Waals surface area contributed by atoms with Crippen LogP contribution in [-0.4, -0.2) is 54.9 Å². The Morgan fingerprint density at radius 3 is 2.33 bits per heavy atom. The van der Waals surface area contributed by atoms with Crippen molar-refractivity contribution in [2.24, 2.45) is 5.92 Å². The topological polar surface area (TPSA) is 49.9 Å². The number of hydrogen-bond donors (Lipinski definition) is 0. The normalized spacial score (nSPS) is 18.5. The molecule has 2 fully saturated rings. The molecule has 0 N–H and O–H groups in total. The summed E-state index contributed by atoms with van der Waals surface area (Å²) in [6, 6.07) is 4.06. The van der Waals surface area contributed by atoms with Crippen molar-refractivity contribution in [1.82, 2.24) is 9.80 Å². The van der Waals surface area contributed by atoms with E-state index in [9.17, 15) is 9.59 Å². The van der Waals surface area contributed by atoms with E-state index in [2.05, 4.69) is 6.07 Å². The van der Waals surface area contributed by atoms with Crippen LogP contribution in [0.5, 0.6) is 5.75 Å². The lowest BCUT2D eigenvalue weighted by Gasteiger charge is -2.24. The van der Waals surface area contributed by atoms with Crippen LogP contribution in [-0.2, 0) is 16.0 Å². The van der Waals surface area contributed by atoms with Crippen molar-refractivity contribution in [3.05, 3.63) is 28.8 Å². The number of ether oxygens (including phenoxy) is 1. The Morgan fingerprint density at radius 2 is 1.63 bits per heavy atom. The maximum atomic E-state index is 12.9. The third kappa shape index (κ3) is 4.63. The molecule has 0 bridgehead atoms. The zero-order valence-electron chi connectivity index (χ0n) is 16.9. The van der Waals surface area contributed by atoms with Crippen LogP contribution in [0.15, 0.2) is 12.1 Å². The number of carbonyl (C=O) groups is 2. The molecule has 5 nitrogen and oxygen atoms in total. The third-order valence-electron chi connectivity index (χ3n) is 6.06. The summed E-state index contributed by atoms with van der Waals surface area (Å²) in [6.45, 7) is 6.86. The fourth-order valence-electron chi connectivity index (χ4n) is 4.35. The molecular formula is C22H32N2O3. The second kappa shape index (κ2) is 8.77. The fourth-order valence-corrected chi connectivity index (χ4v) is 4.35. The van der Waals surface area contributed by atoms with Crippen LogP contribution >= 0.6 is 0 Å². The summed E-state index contributed by atoms with van der Waals surface area (Å²) >= 11 is 0. The number of hydrogen-bond acceptors (Lipinski definition) is 3. The Hall–Kier alpha value is -2.04. The molecule has 148 valence electrons. The second-order valence-electron chi connectivity index (χ2n) is 7.97. The molecule has 1 saturated carbocycles. The molecule has 0 atom stereocenters. The van der Waals surface area contributed by atoms with Gasteiger partial charge in [0.05, 0.1) is 13.5 Å². The third-order valence-corrected chi connectivity index (χ3v) is 6.06. The van der Waals surface area contributed by atoms with Crippen LogP contribution < -0.4 is 4.74 Å². The molecule has 2 amide bonds. The lowest BCUT2D eigenvalue weighted by molar-refractivity contribution is -0.136. The zero-order chi connectivity index (χ0) is 19.4. The molecule has 1 heterocycles. The van der Waals surface area contributed by atoms with Crippen LogP contribution in [0.25, 0.3) is 0 Å². The Balaban J connectivity index is 1.59. The van der Waals surface area contributed by atoms with Crippen LogP contribution in [0.1, 0.15) is 48.8 Å². The minimum Gasteiger partial charge on any atom is -0.496 e. The van der Waals surface area contributed by atoms with Crippen LogP contribution in [0, 0.1) is 19.8 Å². The van der Waals surface area contributed by atoms with Crippen LogP contribution in [0.2, 0.25) is 0 Å². The maximum absolute atomic E-state index is 12.9. The van der Waals surface area contributed by atoms with Gasteiger partial charge in [-0.3, -0.25) is 9.59 Å². The smallest absolute Gasteiger partial charge is 0.227 e. The van der Waals surface area contributed by atoms with Gasteiger partial charge in [-0.1, -0.05) is 18.9 Å². The molecule has 1 aliphatic carbocycles. The number of rotatable bonds is 4. The van der Waals surface area contributed by atoms with Gasteiger partial charge in [0.2, 0.25) is 11.8 Å². The van der Waals surface area contributed by atoms with Gasteiger partial charge in [-0.05, 0) is 55.9 Å². The van der Waals surface area contributed by atoms with Crippen LogP contribution in [0.4, 0.5) is 0 Å². The highest BCUT2D eigenvalue weighted by Gasteiger charge is 2.29. The van der Waals surface area contributed by atoms with Gasteiger partial charge in [-0.15, -0.1) is 0 Å². The first kappa shape index (κ1) is 19.7. The van der Waals surface area contributed by atoms with E-state index in [1.54, 1.807) is 7.11 Å². The number of methoxy groups -OCH3 is 1. The Bertz CT molecular complexity index is 695. The number of benzene rings is 1. The minimum atomic E-state index is 0.151. The van der Waals surface area contributed by atoms with Gasteiger partial charge in [0.1, 0.15) is 5.75 Å². The van der Waals surface area contributed by atoms with Gasteiger partial charge in [-0.25, -0.2) is 0 Å². The van der Waals surface area contributed by atoms with E-state index in [1.807, 2.05) is 29.7 Å². The average molecular weight is 373 g/mol. The fraction of sp³-hybridized carbons (Fsp3) is 0.636. The molecule has 0 unspecified atom stereocenters. The van der Waals surface area contributed by atoms with E-state index in [0.29, 0.717) is 25.4 Å². The van der Waals surface area contributed by atoms with Crippen molar-refractivity contribution in [3.63, 3.8) is 0 Å². The molecule has 3 rings (SSSR count). The molecule has 2 aliphatic rings. The largest absolute Gasteiger partial charge is 0.496 e. The summed E-state index contributed by atoms with van der Waals surface area (Å²) in [5.41, 5.74) is 3.19. The molecule has 1 aromatic carbocycles. The summed E-state index contributed by atoms with van der Waals surface area (Å²) in [4.78, 5) is 29.5. The van der Waals surface area contributed by atoms with Crippen molar-refractivity contribution < 1.29 is 14.3 Å². The van der Waals surface area contributed by atoms with Gasteiger partial charge in [0.25, 0.3) is 0 Å². The molecule has 0 aromatic heterocycles. The SMILES string of the molecule is COc1cc(C)c(CC(=O)N2CCCN(C(=O)C3CCCC3)CC2)cc1C. The first-order chi connectivity index (χ1) is 13.0. The minimum absolute atomic E-state index is 0.151. The van der Waals surface area contributed by atoms with E-state index >= 15 is 0 Å². The van der Waals surface area contributed by atoms with E-state index < -0.39 is 0 Å². The van der Waals surface area contributed by atoms with Crippen molar-refractivity contribution in [3.8, 4) is 5.75 Å². The zero-order valence-corrected chi connectivity index (χ0v) is 16.9. The standard InChI is InChI=1S/C22H32N2O3/c1-16-14-20(27-3)17(2)13-19(16)15-21(25)23-9-6-10-24(12-11-23)22(26)18-7-4-5-8-18/h13-14,18H,4-12,15H2,1-3H3. The molecular weight excluding hydrogens is 340 g/mol. The summed E-state index contributed by atoms with van der Waals surface area (Å²) in [5, 5.41) is 0. The highest BCUT2D eigenvalue weighted by atomic mass is 16.5. The number of aryl methyl sites for hydroxylation is 2. The highest BCUT2D eigenvalue weighted by Crippen LogP contribution is 2.27. The first-order valence-electron chi connectivity index (χ1n) is 10.2. The van der Waals surface area contributed by atoms with Gasteiger partial charge in [0.15, 0.2) is 0 Å². The molecule has 5 heteroatoms. The molecule has 27 heavy (non-hydrogen) atoms. The van der Waals surface area contributed by atoms with Crippen molar-refractivity contribution in [1.29, 1.82) is 0 Å².